The second-order valence-corrected chi connectivity index (χ2v) is 5.72. The molecule has 116 valence electrons. The van der Waals surface area contributed by atoms with E-state index in [1.807, 2.05) is 0 Å². The van der Waals surface area contributed by atoms with E-state index in [2.05, 4.69) is 5.43 Å². The molecule has 2 unspecified atom stereocenters. The van der Waals surface area contributed by atoms with Crippen LogP contribution in [0, 0.1) is 0 Å². The van der Waals surface area contributed by atoms with E-state index in [9.17, 15) is 13.2 Å². The van der Waals surface area contributed by atoms with Crippen LogP contribution in [-0.2, 0) is 10.4 Å². The molecule has 2 atom stereocenters. The van der Waals surface area contributed by atoms with Gasteiger partial charge >= 0.3 is 6.18 Å². The van der Waals surface area contributed by atoms with Crippen molar-refractivity contribution in [1.82, 2.24) is 10.4 Å². The molecule has 1 aliphatic heterocycles. The Morgan fingerprint density at radius 3 is 2.29 bits per heavy atom. The van der Waals surface area contributed by atoms with E-state index in [4.69, 9.17) is 4.74 Å². The van der Waals surface area contributed by atoms with Gasteiger partial charge in [-0.1, -0.05) is 30.3 Å². The summed E-state index contributed by atoms with van der Waals surface area (Å²) in [6, 6.07) is 7.97. The summed E-state index contributed by atoms with van der Waals surface area (Å²) in [7, 11) is 1.66. The smallest absolute Gasteiger partial charge is 0.381 e. The molecule has 0 amide bonds. The zero-order chi connectivity index (χ0) is 15.1. The molecule has 2 fully saturated rings. The number of alkyl halides is 3. The summed E-state index contributed by atoms with van der Waals surface area (Å²) >= 11 is 0. The maximum atomic E-state index is 13.6. The number of hydrogen-bond donors (Lipinski definition) is 1. The SMILES string of the molecule is COC1CCC(N2NC2(c2ccccc2)C(F)(F)F)CC1. The first-order valence-electron chi connectivity index (χ1n) is 7.21. The van der Waals surface area contributed by atoms with E-state index in [1.165, 1.54) is 17.1 Å². The van der Waals surface area contributed by atoms with Crippen LogP contribution in [0.1, 0.15) is 31.2 Å². The lowest BCUT2D eigenvalue weighted by atomic mass is 9.91. The molecule has 3 nitrogen and oxygen atoms in total. The van der Waals surface area contributed by atoms with Crippen LogP contribution in [0.5, 0.6) is 0 Å². The van der Waals surface area contributed by atoms with Crippen LogP contribution >= 0.6 is 0 Å². The molecule has 0 aromatic heterocycles. The van der Waals surface area contributed by atoms with Gasteiger partial charge in [0.2, 0.25) is 5.66 Å². The minimum Gasteiger partial charge on any atom is -0.381 e. The number of hydrazine groups is 1. The van der Waals surface area contributed by atoms with E-state index in [1.54, 1.807) is 25.3 Å². The highest BCUT2D eigenvalue weighted by Crippen LogP contribution is 2.52. The van der Waals surface area contributed by atoms with Gasteiger partial charge in [-0.15, -0.1) is 0 Å². The van der Waals surface area contributed by atoms with Gasteiger partial charge in [0.05, 0.1) is 6.10 Å². The van der Waals surface area contributed by atoms with Crippen molar-refractivity contribution in [1.29, 1.82) is 0 Å². The van der Waals surface area contributed by atoms with Crippen molar-refractivity contribution in [3.8, 4) is 0 Å². The Kier molecular flexibility index (Phi) is 3.71. The van der Waals surface area contributed by atoms with Gasteiger partial charge in [-0.3, -0.25) is 0 Å². The van der Waals surface area contributed by atoms with Crippen LogP contribution in [-0.4, -0.2) is 30.4 Å². The number of rotatable bonds is 3. The van der Waals surface area contributed by atoms with Crippen molar-refractivity contribution in [3.63, 3.8) is 0 Å². The molecule has 0 radical (unpaired) electrons. The molecule has 6 heteroatoms. The predicted octanol–water partition coefficient (Wildman–Crippen LogP) is 3.18. The molecule has 1 aromatic carbocycles. The Balaban J connectivity index is 1.80. The molecule has 1 heterocycles. The third-order valence-electron chi connectivity index (χ3n) is 4.54. The fourth-order valence-corrected chi connectivity index (χ4v) is 3.30. The van der Waals surface area contributed by atoms with Crippen LogP contribution in [0.4, 0.5) is 13.2 Å². The van der Waals surface area contributed by atoms with Gasteiger partial charge < -0.3 is 4.74 Å². The van der Waals surface area contributed by atoms with Crippen LogP contribution in [0.25, 0.3) is 0 Å². The Morgan fingerprint density at radius 2 is 1.76 bits per heavy atom. The molecule has 1 N–H and O–H groups in total. The van der Waals surface area contributed by atoms with E-state index in [-0.39, 0.29) is 17.7 Å². The van der Waals surface area contributed by atoms with Crippen LogP contribution in [0.15, 0.2) is 30.3 Å². The Hall–Kier alpha value is -1.11. The lowest BCUT2D eigenvalue weighted by Gasteiger charge is -2.30. The lowest BCUT2D eigenvalue weighted by Crippen LogP contribution is -2.39. The molecule has 3 rings (SSSR count). The fraction of sp³-hybridized carbons (Fsp3) is 0.600. The average Bonchev–Trinajstić information content (AvgIpc) is 3.25. The van der Waals surface area contributed by atoms with E-state index in [0.29, 0.717) is 0 Å². The number of nitrogens with one attached hydrogen (secondary N) is 1. The second-order valence-electron chi connectivity index (χ2n) is 5.72. The summed E-state index contributed by atoms with van der Waals surface area (Å²) < 4.78 is 46.1. The van der Waals surface area contributed by atoms with Gasteiger partial charge in [0.25, 0.3) is 0 Å². The molecule has 1 aromatic rings. The minimum absolute atomic E-state index is 0.0989. The third-order valence-corrected chi connectivity index (χ3v) is 4.54. The first kappa shape index (κ1) is 14.8. The molecule has 1 saturated heterocycles. The Labute approximate surface area is 122 Å². The zero-order valence-corrected chi connectivity index (χ0v) is 11.9. The summed E-state index contributed by atoms with van der Waals surface area (Å²) in [6.45, 7) is 0. The molecule has 0 bridgehead atoms. The Bertz CT molecular complexity index is 485. The highest BCUT2D eigenvalue weighted by atomic mass is 19.4. The summed E-state index contributed by atoms with van der Waals surface area (Å²) in [5.41, 5.74) is 0.849. The standard InChI is InChI=1S/C15H19F3N2O/c1-21-13-9-7-12(8-10-13)20-14(19-20,15(16,17)18)11-5-3-2-4-6-11/h2-6,12-13,19H,7-10H2,1H3. The zero-order valence-electron chi connectivity index (χ0n) is 11.9. The van der Waals surface area contributed by atoms with Crippen LogP contribution in [0.2, 0.25) is 0 Å². The fourth-order valence-electron chi connectivity index (χ4n) is 3.30. The summed E-state index contributed by atoms with van der Waals surface area (Å²) in [5, 5.41) is 1.38. The van der Waals surface area contributed by atoms with Gasteiger partial charge in [-0.2, -0.15) is 13.2 Å². The molecule has 1 aliphatic carbocycles. The maximum Gasteiger partial charge on any atom is 0.426 e. The van der Waals surface area contributed by atoms with Gasteiger partial charge in [-0.25, -0.2) is 10.4 Å². The topological polar surface area (TPSA) is 34.2 Å². The summed E-state index contributed by atoms with van der Waals surface area (Å²) in [5.74, 6) is 0. The Morgan fingerprint density at radius 1 is 1.14 bits per heavy atom. The quantitative estimate of drug-likeness (QED) is 0.871. The van der Waals surface area contributed by atoms with E-state index in [0.717, 1.165) is 25.7 Å². The van der Waals surface area contributed by atoms with Gasteiger partial charge in [-0.05, 0) is 31.2 Å². The molecule has 0 spiro atoms. The lowest BCUT2D eigenvalue weighted by molar-refractivity contribution is -0.178. The molecule has 1 saturated carbocycles. The third kappa shape index (κ3) is 2.45. The number of hydrogen-bond acceptors (Lipinski definition) is 3. The normalized spacial score (nSPS) is 36.5. The maximum absolute atomic E-state index is 13.6. The van der Waals surface area contributed by atoms with Crippen molar-refractivity contribution in [2.75, 3.05) is 7.11 Å². The van der Waals surface area contributed by atoms with Crippen LogP contribution in [0.3, 0.4) is 0 Å². The summed E-state index contributed by atoms with van der Waals surface area (Å²) in [4.78, 5) is 0. The number of nitrogens with zero attached hydrogens (tertiary/aromatic N) is 1. The number of benzene rings is 1. The number of halogens is 3. The first-order valence-corrected chi connectivity index (χ1v) is 7.21. The van der Waals surface area contributed by atoms with Crippen molar-refractivity contribution in [2.45, 2.75) is 49.7 Å². The van der Waals surface area contributed by atoms with Crippen molar-refractivity contribution in [3.05, 3.63) is 35.9 Å². The average molecular weight is 300 g/mol. The van der Waals surface area contributed by atoms with Gasteiger partial charge in [0, 0.05) is 13.2 Å². The molecule has 21 heavy (non-hydrogen) atoms. The van der Waals surface area contributed by atoms with Crippen molar-refractivity contribution in [2.24, 2.45) is 0 Å². The number of methoxy groups -OCH3 is 1. The van der Waals surface area contributed by atoms with Crippen LogP contribution < -0.4 is 5.43 Å². The highest BCUT2D eigenvalue weighted by Gasteiger charge is 2.72. The molecular weight excluding hydrogens is 281 g/mol. The number of ether oxygens (including phenoxy) is 1. The molecular formula is C15H19F3N2O. The van der Waals surface area contributed by atoms with Crippen molar-refractivity contribution >= 4 is 0 Å². The monoisotopic (exact) mass is 300 g/mol. The van der Waals surface area contributed by atoms with Gasteiger partial charge in [0.1, 0.15) is 0 Å². The largest absolute Gasteiger partial charge is 0.426 e. The van der Waals surface area contributed by atoms with Gasteiger partial charge in [0.15, 0.2) is 0 Å². The van der Waals surface area contributed by atoms with E-state index < -0.39 is 11.8 Å². The summed E-state index contributed by atoms with van der Waals surface area (Å²) in [6.07, 6.45) is -1.11. The second kappa shape index (κ2) is 5.26. The van der Waals surface area contributed by atoms with E-state index >= 15 is 0 Å². The van der Waals surface area contributed by atoms with Crippen molar-refractivity contribution < 1.29 is 17.9 Å². The molecule has 2 aliphatic rings. The highest BCUT2D eigenvalue weighted by molar-refractivity contribution is 5.31. The minimum atomic E-state index is -4.34. The first-order chi connectivity index (χ1) is 9.99. The predicted molar refractivity (Wildman–Crippen MR) is 72.2 cm³/mol.